The molecular formula is C23H26ClFN4O2S. The molecule has 0 unspecified atom stereocenters. The number of hydrogen-bond donors (Lipinski definition) is 1. The minimum Gasteiger partial charge on any atom is -0.497 e. The molecule has 1 fully saturated rings. The van der Waals surface area contributed by atoms with E-state index in [-0.39, 0.29) is 11.7 Å². The van der Waals surface area contributed by atoms with E-state index < -0.39 is 0 Å². The van der Waals surface area contributed by atoms with E-state index in [1.54, 1.807) is 19.2 Å². The highest BCUT2D eigenvalue weighted by Gasteiger charge is 2.19. The number of rotatable bonds is 8. The minimum absolute atomic E-state index is 0.0148. The highest BCUT2D eigenvalue weighted by Crippen LogP contribution is 2.29. The Morgan fingerprint density at radius 1 is 1.19 bits per heavy atom. The molecule has 0 saturated carbocycles. The van der Waals surface area contributed by atoms with Gasteiger partial charge in [0.1, 0.15) is 11.6 Å². The summed E-state index contributed by atoms with van der Waals surface area (Å²) in [6.07, 6.45) is 2.23. The number of amides is 1. The number of ether oxygens (including phenoxy) is 1. The maximum absolute atomic E-state index is 14.1. The van der Waals surface area contributed by atoms with Crippen molar-refractivity contribution in [1.29, 1.82) is 0 Å². The summed E-state index contributed by atoms with van der Waals surface area (Å²) in [5.74, 6) is 0.487. The molecule has 1 aliphatic rings. The zero-order valence-corrected chi connectivity index (χ0v) is 19.5. The van der Waals surface area contributed by atoms with E-state index in [2.05, 4.69) is 20.1 Å². The summed E-state index contributed by atoms with van der Waals surface area (Å²) in [5, 5.41) is 3.93. The van der Waals surface area contributed by atoms with Crippen LogP contribution >= 0.6 is 22.9 Å². The number of fused-ring (bicyclic) bond motifs is 1. The van der Waals surface area contributed by atoms with Crippen LogP contribution in [0.25, 0.3) is 10.2 Å². The molecule has 1 aliphatic heterocycles. The van der Waals surface area contributed by atoms with Crippen LogP contribution in [-0.2, 0) is 4.79 Å². The highest BCUT2D eigenvalue weighted by atomic mass is 35.5. The molecular weight excluding hydrogens is 451 g/mol. The van der Waals surface area contributed by atoms with Crippen LogP contribution in [0.3, 0.4) is 0 Å². The van der Waals surface area contributed by atoms with E-state index >= 15 is 0 Å². The molecule has 0 radical (unpaired) electrons. The Hall–Kier alpha value is -2.42. The van der Waals surface area contributed by atoms with Crippen LogP contribution in [0.2, 0.25) is 5.02 Å². The Kier molecular flexibility index (Phi) is 7.44. The van der Waals surface area contributed by atoms with E-state index in [0.29, 0.717) is 22.3 Å². The van der Waals surface area contributed by atoms with Crippen LogP contribution in [0, 0.1) is 5.82 Å². The molecule has 0 spiro atoms. The largest absolute Gasteiger partial charge is 0.497 e. The second kappa shape index (κ2) is 10.5. The Morgan fingerprint density at radius 3 is 2.75 bits per heavy atom. The smallest absolute Gasteiger partial charge is 0.226 e. The Balaban J connectivity index is 1.16. The number of piperazine rings is 1. The number of hydrogen-bond acceptors (Lipinski definition) is 6. The fourth-order valence-electron chi connectivity index (χ4n) is 3.84. The average Bonchev–Trinajstić information content (AvgIpc) is 3.18. The van der Waals surface area contributed by atoms with Gasteiger partial charge in [-0.05, 0) is 55.8 Å². The van der Waals surface area contributed by atoms with Crippen LogP contribution in [-0.4, -0.2) is 55.6 Å². The van der Waals surface area contributed by atoms with Gasteiger partial charge in [0, 0.05) is 37.6 Å². The molecule has 1 amide bonds. The predicted molar refractivity (Wildman–Crippen MR) is 129 cm³/mol. The molecule has 0 aliphatic carbocycles. The molecule has 3 aromatic rings. The zero-order chi connectivity index (χ0) is 22.5. The van der Waals surface area contributed by atoms with Gasteiger partial charge in [0.15, 0.2) is 5.13 Å². The molecule has 4 rings (SSSR count). The van der Waals surface area contributed by atoms with E-state index in [1.807, 2.05) is 18.2 Å². The van der Waals surface area contributed by atoms with Gasteiger partial charge in [-0.15, -0.1) is 0 Å². The first-order chi connectivity index (χ1) is 15.5. The van der Waals surface area contributed by atoms with E-state index in [4.69, 9.17) is 16.3 Å². The van der Waals surface area contributed by atoms with Gasteiger partial charge in [0.2, 0.25) is 5.91 Å². The Labute approximate surface area is 195 Å². The number of nitrogens with zero attached hydrogens (tertiary/aromatic N) is 3. The van der Waals surface area contributed by atoms with Gasteiger partial charge >= 0.3 is 0 Å². The van der Waals surface area contributed by atoms with Gasteiger partial charge in [-0.3, -0.25) is 9.69 Å². The third-order valence-corrected chi connectivity index (χ3v) is 6.76. The molecule has 1 aromatic heterocycles. The molecule has 170 valence electrons. The Bertz CT molecular complexity index is 1090. The lowest BCUT2D eigenvalue weighted by atomic mass is 10.2. The lowest BCUT2D eigenvalue weighted by molar-refractivity contribution is -0.116. The summed E-state index contributed by atoms with van der Waals surface area (Å²) in [6, 6.07) is 10.5. The van der Waals surface area contributed by atoms with E-state index in [9.17, 15) is 9.18 Å². The number of benzene rings is 2. The maximum Gasteiger partial charge on any atom is 0.226 e. The molecule has 9 heteroatoms. The van der Waals surface area contributed by atoms with Gasteiger partial charge < -0.3 is 15.0 Å². The number of thiazole rings is 1. The minimum atomic E-state index is -0.274. The van der Waals surface area contributed by atoms with Crippen molar-refractivity contribution < 1.29 is 13.9 Å². The summed E-state index contributed by atoms with van der Waals surface area (Å²) < 4.78 is 20.3. The van der Waals surface area contributed by atoms with Crippen molar-refractivity contribution in [1.82, 2.24) is 9.88 Å². The fraction of sp³-hybridized carbons (Fsp3) is 0.391. The molecule has 1 N–H and O–H groups in total. The van der Waals surface area contributed by atoms with Gasteiger partial charge in [0.05, 0.1) is 23.0 Å². The Morgan fingerprint density at radius 2 is 2.00 bits per heavy atom. The molecule has 32 heavy (non-hydrogen) atoms. The standard InChI is InChI=1S/C23H26ClFN4O2S/c1-31-17-6-7-19-21(15-17)32-23(26-19)27-22(30)4-2-3-9-28-10-12-29(13-11-28)20-8-5-16(24)14-18(20)25/h5-8,14-15H,2-4,9-13H2,1H3,(H,26,27,30). The maximum atomic E-state index is 14.1. The van der Waals surface area contributed by atoms with E-state index in [0.717, 1.165) is 61.5 Å². The number of aromatic nitrogens is 1. The number of nitrogens with one attached hydrogen (secondary N) is 1. The topological polar surface area (TPSA) is 57.7 Å². The van der Waals surface area contributed by atoms with Gasteiger partial charge in [-0.25, -0.2) is 9.37 Å². The zero-order valence-electron chi connectivity index (χ0n) is 17.9. The van der Waals surface area contributed by atoms with Crippen molar-refractivity contribution in [3.63, 3.8) is 0 Å². The molecule has 0 atom stereocenters. The number of unbranched alkanes of at least 4 members (excludes halogenated alkanes) is 1. The summed E-state index contributed by atoms with van der Waals surface area (Å²) in [7, 11) is 1.63. The summed E-state index contributed by atoms with van der Waals surface area (Å²) in [6.45, 7) is 4.25. The first-order valence-electron chi connectivity index (χ1n) is 10.7. The lowest BCUT2D eigenvalue weighted by Crippen LogP contribution is -2.46. The van der Waals surface area contributed by atoms with Crippen molar-refractivity contribution in [2.24, 2.45) is 0 Å². The van der Waals surface area contributed by atoms with Crippen LogP contribution in [0.15, 0.2) is 36.4 Å². The van der Waals surface area contributed by atoms with E-state index in [1.165, 1.54) is 17.4 Å². The summed E-state index contributed by atoms with van der Waals surface area (Å²) >= 11 is 7.29. The van der Waals surface area contributed by atoms with Crippen LogP contribution in [0.4, 0.5) is 15.2 Å². The average molecular weight is 477 g/mol. The van der Waals surface area contributed by atoms with Gasteiger partial charge in [-0.1, -0.05) is 22.9 Å². The van der Waals surface area contributed by atoms with Crippen molar-refractivity contribution in [2.75, 3.05) is 50.1 Å². The summed E-state index contributed by atoms with van der Waals surface area (Å²) in [5.41, 5.74) is 1.46. The van der Waals surface area contributed by atoms with Crippen molar-refractivity contribution in [3.8, 4) is 5.75 Å². The fourth-order valence-corrected chi connectivity index (χ4v) is 4.91. The lowest BCUT2D eigenvalue weighted by Gasteiger charge is -2.36. The molecule has 1 saturated heterocycles. The number of carbonyl (C=O) groups excluding carboxylic acids is 1. The molecule has 2 heterocycles. The second-order valence-electron chi connectivity index (χ2n) is 7.78. The van der Waals surface area contributed by atoms with Crippen LogP contribution in [0.5, 0.6) is 5.75 Å². The van der Waals surface area contributed by atoms with Crippen molar-refractivity contribution in [3.05, 3.63) is 47.2 Å². The normalized spacial score (nSPS) is 14.7. The first-order valence-corrected chi connectivity index (χ1v) is 11.9. The van der Waals surface area contributed by atoms with Gasteiger partial charge in [0.25, 0.3) is 0 Å². The second-order valence-corrected chi connectivity index (χ2v) is 9.25. The highest BCUT2D eigenvalue weighted by molar-refractivity contribution is 7.22. The number of methoxy groups -OCH3 is 1. The molecule has 0 bridgehead atoms. The monoisotopic (exact) mass is 476 g/mol. The van der Waals surface area contributed by atoms with Crippen molar-refractivity contribution >= 4 is 49.9 Å². The third-order valence-electron chi connectivity index (χ3n) is 5.59. The SMILES string of the molecule is COc1ccc2nc(NC(=O)CCCCN3CCN(c4ccc(Cl)cc4F)CC3)sc2c1. The predicted octanol–water partition coefficient (Wildman–Crippen LogP) is 5.03. The van der Waals surface area contributed by atoms with Crippen molar-refractivity contribution in [2.45, 2.75) is 19.3 Å². The quantitative estimate of drug-likeness (QED) is 0.462. The number of anilines is 2. The first kappa shape index (κ1) is 22.8. The van der Waals surface area contributed by atoms with Crippen LogP contribution in [0.1, 0.15) is 19.3 Å². The number of carbonyl (C=O) groups is 1. The third kappa shape index (κ3) is 5.68. The van der Waals surface area contributed by atoms with Crippen LogP contribution < -0.4 is 15.0 Å². The molecule has 6 nitrogen and oxygen atoms in total. The van der Waals surface area contributed by atoms with Gasteiger partial charge in [-0.2, -0.15) is 0 Å². The summed E-state index contributed by atoms with van der Waals surface area (Å²) in [4.78, 5) is 21.2. The number of halogens is 2. The molecule has 2 aromatic carbocycles.